The minimum Gasteiger partial charge on any atom is -0.497 e. The Morgan fingerprint density at radius 2 is 1.57 bits per heavy atom. The number of methoxy groups -OCH3 is 2. The Morgan fingerprint density at radius 1 is 0.963 bits per heavy atom. The Hall–Kier alpha value is -5.16. The summed E-state index contributed by atoms with van der Waals surface area (Å²) >= 11 is 0. The second-order valence-corrected chi connectivity index (χ2v) is 13.2. The molecule has 0 aliphatic carbocycles. The summed E-state index contributed by atoms with van der Waals surface area (Å²) in [4.78, 5) is 42.5. The number of aromatic amines is 1. The van der Waals surface area contributed by atoms with Crippen LogP contribution in [0.3, 0.4) is 0 Å². The Kier molecular flexibility index (Phi) is 12.1. The zero-order valence-electron chi connectivity index (χ0n) is 31.1. The van der Waals surface area contributed by atoms with Gasteiger partial charge in [-0.15, -0.1) is 0 Å². The lowest BCUT2D eigenvalue weighted by molar-refractivity contribution is -0.150. The smallest absolute Gasteiger partial charge is 0.280 e. The number of aromatic nitrogens is 4. The molecule has 3 N–H and O–H groups in total. The Bertz CT molecular complexity index is 2000. The van der Waals surface area contributed by atoms with Gasteiger partial charge < -0.3 is 28.8 Å². The summed E-state index contributed by atoms with van der Waals surface area (Å²) in [5.74, 6) is 0.628. The maximum atomic E-state index is 13.1. The van der Waals surface area contributed by atoms with E-state index in [1.165, 1.54) is 10.9 Å². The molecule has 0 bridgehead atoms. The van der Waals surface area contributed by atoms with Gasteiger partial charge in [0.15, 0.2) is 17.4 Å². The SMILES string of the molecule is COc1ccc(C(OC[C@H]2O[C@@H](n3cnc4c(=O)[nH]c(NC(=O)C(C)C)nc43)C(OCCON(C)C)C2O)(c2ccccc2)c2ccc(OC)cc2)cc1. The van der Waals surface area contributed by atoms with Crippen LogP contribution in [0.2, 0.25) is 0 Å². The van der Waals surface area contributed by atoms with E-state index in [0.717, 1.165) is 16.7 Å². The standard InChI is InChI=1S/C39H46N6O9/c1-24(2)35(47)42-38-41-34-31(36(48)43-38)40-23-45(34)37-33(51-20-21-53-44(3)4)32(46)30(54-37)22-52-39(25-10-8-7-9-11-25,26-12-16-28(49-5)17-13-26)27-14-18-29(50-6)19-15-27/h7-19,23-24,30,32-33,37,46H,20-22H2,1-6H3,(H2,41,42,43,47,48)/t30-,32?,33?,37-/m1/s1. The summed E-state index contributed by atoms with van der Waals surface area (Å²) in [7, 11) is 6.73. The number of carbonyl (C=O) groups excluding carboxylic acids is 1. The number of aliphatic hydroxyl groups excluding tert-OH is 1. The predicted molar refractivity (Wildman–Crippen MR) is 199 cm³/mol. The summed E-state index contributed by atoms with van der Waals surface area (Å²) in [5, 5.41) is 16.1. The lowest BCUT2D eigenvalue weighted by Gasteiger charge is -2.37. The number of imidazole rings is 1. The van der Waals surface area contributed by atoms with E-state index in [-0.39, 0.29) is 48.8 Å². The first-order valence-corrected chi connectivity index (χ1v) is 17.6. The molecule has 3 aromatic carbocycles. The van der Waals surface area contributed by atoms with Crippen LogP contribution in [-0.4, -0.2) is 102 Å². The highest BCUT2D eigenvalue weighted by atomic mass is 16.7. The number of aliphatic hydroxyl groups is 1. The van der Waals surface area contributed by atoms with Crippen molar-refractivity contribution in [1.29, 1.82) is 0 Å². The molecule has 0 saturated carbocycles. The summed E-state index contributed by atoms with van der Waals surface area (Å²) in [6.45, 7) is 3.66. The van der Waals surface area contributed by atoms with Crippen LogP contribution < -0.4 is 20.3 Å². The van der Waals surface area contributed by atoms with Crippen LogP contribution >= 0.6 is 0 Å². The van der Waals surface area contributed by atoms with Crippen molar-refractivity contribution in [2.24, 2.45) is 5.92 Å². The zero-order chi connectivity index (χ0) is 38.4. The van der Waals surface area contributed by atoms with E-state index in [1.54, 1.807) is 47.2 Å². The molecule has 0 radical (unpaired) electrons. The molecule has 1 aliphatic rings. The highest BCUT2D eigenvalue weighted by molar-refractivity contribution is 5.91. The summed E-state index contributed by atoms with van der Waals surface area (Å²) in [6, 6.07) is 25.0. The second kappa shape index (κ2) is 16.9. The van der Waals surface area contributed by atoms with Crippen molar-refractivity contribution < 1.29 is 38.4 Å². The third-order valence-corrected chi connectivity index (χ3v) is 9.17. The van der Waals surface area contributed by atoms with Crippen molar-refractivity contribution in [1.82, 2.24) is 24.6 Å². The topological polar surface area (TPSA) is 172 Å². The third-order valence-electron chi connectivity index (χ3n) is 9.17. The van der Waals surface area contributed by atoms with Crippen molar-refractivity contribution >= 4 is 23.0 Å². The molecular formula is C39H46N6O9. The number of hydroxylamine groups is 2. The Labute approximate surface area is 312 Å². The molecule has 286 valence electrons. The van der Waals surface area contributed by atoms with Gasteiger partial charge in [0, 0.05) is 20.0 Å². The van der Waals surface area contributed by atoms with Gasteiger partial charge in [-0.3, -0.25) is 29.3 Å². The van der Waals surface area contributed by atoms with Crippen LogP contribution in [0.1, 0.15) is 36.8 Å². The molecule has 1 fully saturated rings. The van der Waals surface area contributed by atoms with E-state index >= 15 is 0 Å². The average molecular weight is 743 g/mol. The molecule has 1 saturated heterocycles. The molecule has 5 aromatic rings. The van der Waals surface area contributed by atoms with Crippen LogP contribution in [0.15, 0.2) is 90.0 Å². The summed E-state index contributed by atoms with van der Waals surface area (Å²) < 4.78 is 32.3. The number of benzene rings is 3. The minimum atomic E-state index is -1.21. The van der Waals surface area contributed by atoms with E-state index in [1.807, 2.05) is 78.9 Å². The van der Waals surface area contributed by atoms with Crippen molar-refractivity contribution in [3.8, 4) is 11.5 Å². The molecule has 15 heteroatoms. The first-order chi connectivity index (χ1) is 26.0. The van der Waals surface area contributed by atoms with Gasteiger partial charge in [-0.25, -0.2) is 4.98 Å². The van der Waals surface area contributed by atoms with Crippen molar-refractivity contribution in [2.75, 3.05) is 53.5 Å². The second-order valence-electron chi connectivity index (χ2n) is 13.2. The van der Waals surface area contributed by atoms with E-state index in [0.29, 0.717) is 11.5 Å². The summed E-state index contributed by atoms with van der Waals surface area (Å²) in [6.07, 6.45) is -2.72. The molecule has 6 rings (SSSR count). The molecule has 15 nitrogen and oxygen atoms in total. The van der Waals surface area contributed by atoms with E-state index in [9.17, 15) is 14.7 Å². The lowest BCUT2D eigenvalue weighted by Crippen LogP contribution is -2.40. The van der Waals surface area contributed by atoms with Crippen molar-refractivity contribution in [3.63, 3.8) is 0 Å². The maximum Gasteiger partial charge on any atom is 0.280 e. The number of nitrogens with zero attached hydrogens (tertiary/aromatic N) is 4. The zero-order valence-corrected chi connectivity index (χ0v) is 31.1. The number of hydrogen-bond donors (Lipinski definition) is 3. The van der Waals surface area contributed by atoms with Gasteiger partial charge in [0.25, 0.3) is 5.56 Å². The number of amides is 1. The van der Waals surface area contributed by atoms with Gasteiger partial charge in [-0.1, -0.05) is 68.4 Å². The molecule has 2 aromatic heterocycles. The van der Waals surface area contributed by atoms with E-state index in [4.69, 9.17) is 28.5 Å². The molecular weight excluding hydrogens is 696 g/mol. The van der Waals surface area contributed by atoms with Crippen LogP contribution in [0.25, 0.3) is 11.2 Å². The van der Waals surface area contributed by atoms with Gasteiger partial charge in [0.1, 0.15) is 35.4 Å². The number of carbonyl (C=O) groups is 1. The highest BCUT2D eigenvalue weighted by Gasteiger charge is 2.48. The molecule has 1 amide bonds. The van der Waals surface area contributed by atoms with Gasteiger partial charge in [0.2, 0.25) is 11.9 Å². The summed E-state index contributed by atoms with van der Waals surface area (Å²) in [5.41, 5.74) is 0.848. The minimum absolute atomic E-state index is 0.0205. The predicted octanol–water partition coefficient (Wildman–Crippen LogP) is 3.88. The van der Waals surface area contributed by atoms with Gasteiger partial charge in [-0.2, -0.15) is 10.0 Å². The first kappa shape index (κ1) is 38.6. The van der Waals surface area contributed by atoms with Crippen molar-refractivity contribution in [3.05, 3.63) is 112 Å². The number of fused-ring (bicyclic) bond motifs is 1. The Morgan fingerprint density at radius 3 is 2.15 bits per heavy atom. The largest absolute Gasteiger partial charge is 0.497 e. The van der Waals surface area contributed by atoms with Crippen LogP contribution in [-0.2, 0) is 29.4 Å². The highest BCUT2D eigenvalue weighted by Crippen LogP contribution is 2.43. The fourth-order valence-corrected chi connectivity index (χ4v) is 6.38. The fraction of sp³-hybridized carbons (Fsp3) is 0.385. The van der Waals surface area contributed by atoms with Crippen LogP contribution in [0.4, 0.5) is 5.95 Å². The van der Waals surface area contributed by atoms with E-state index < -0.39 is 35.7 Å². The monoisotopic (exact) mass is 742 g/mol. The number of ether oxygens (including phenoxy) is 5. The molecule has 4 atom stereocenters. The number of rotatable bonds is 16. The molecule has 1 aliphatic heterocycles. The normalized spacial score (nSPS) is 18.8. The maximum absolute atomic E-state index is 13.1. The van der Waals surface area contributed by atoms with Crippen LogP contribution in [0.5, 0.6) is 11.5 Å². The molecule has 0 spiro atoms. The van der Waals surface area contributed by atoms with Gasteiger partial charge in [-0.05, 0) is 41.0 Å². The molecule has 54 heavy (non-hydrogen) atoms. The van der Waals surface area contributed by atoms with Gasteiger partial charge >= 0.3 is 0 Å². The third kappa shape index (κ3) is 8.01. The van der Waals surface area contributed by atoms with Crippen LogP contribution in [0, 0.1) is 5.92 Å². The first-order valence-electron chi connectivity index (χ1n) is 17.6. The van der Waals surface area contributed by atoms with E-state index in [2.05, 4.69) is 20.3 Å². The fourth-order valence-electron chi connectivity index (χ4n) is 6.38. The lowest BCUT2D eigenvalue weighted by atomic mass is 9.80. The number of H-pyrrole nitrogens is 1. The average Bonchev–Trinajstić information content (AvgIpc) is 3.74. The number of hydrogen-bond acceptors (Lipinski definition) is 12. The molecule has 2 unspecified atom stereocenters. The van der Waals surface area contributed by atoms with Crippen molar-refractivity contribution in [2.45, 2.75) is 44.0 Å². The number of anilines is 1. The quantitative estimate of drug-likeness (QED) is 0.0759. The van der Waals surface area contributed by atoms with Gasteiger partial charge in [0.05, 0.1) is 40.4 Å². The Balaban J connectivity index is 1.39. The molecule has 3 heterocycles. The number of nitrogens with one attached hydrogen (secondary N) is 2.